The highest BCUT2D eigenvalue weighted by atomic mass is 79.9. The fraction of sp³-hybridized carbons (Fsp3) is 0.300. The summed E-state index contributed by atoms with van der Waals surface area (Å²) in [5.41, 5.74) is 1.31. The van der Waals surface area contributed by atoms with E-state index < -0.39 is 0 Å². The van der Waals surface area contributed by atoms with Gasteiger partial charge in [-0.1, -0.05) is 6.08 Å². The molecule has 1 unspecified atom stereocenters. The smallest absolute Gasteiger partial charge is 0.233 e. The first-order valence-electron chi connectivity index (χ1n) is 4.34. The van der Waals surface area contributed by atoms with Crippen molar-refractivity contribution in [2.45, 2.75) is 12.5 Å². The maximum atomic E-state index is 4.60. The summed E-state index contributed by atoms with van der Waals surface area (Å²) in [5, 5.41) is 0. The van der Waals surface area contributed by atoms with Crippen molar-refractivity contribution in [3.63, 3.8) is 0 Å². The maximum absolute atomic E-state index is 4.60. The van der Waals surface area contributed by atoms with Crippen LogP contribution in [-0.4, -0.2) is 23.3 Å². The van der Waals surface area contributed by atoms with Crippen LogP contribution in [0.2, 0.25) is 0 Å². The molecule has 0 spiro atoms. The normalized spacial score (nSPS) is 28.8. The molecule has 3 rings (SSSR count). The zero-order chi connectivity index (χ0) is 8.84. The highest BCUT2D eigenvalue weighted by Crippen LogP contribution is 2.32. The molecule has 1 atom stereocenters. The van der Waals surface area contributed by atoms with Gasteiger partial charge in [0, 0.05) is 22.5 Å². The van der Waals surface area contributed by atoms with Crippen LogP contribution in [0.15, 0.2) is 33.4 Å². The van der Waals surface area contributed by atoms with Gasteiger partial charge in [-0.05, 0) is 6.08 Å². The van der Waals surface area contributed by atoms with E-state index >= 15 is 0 Å². The molecule has 64 valence electrons. The second-order valence-corrected chi connectivity index (χ2v) is 4.17. The fourth-order valence-corrected chi connectivity index (χ4v) is 2.30. The van der Waals surface area contributed by atoms with E-state index in [0.717, 1.165) is 23.3 Å². The molecule has 2 heterocycles. The number of hydrogen-bond acceptors (Lipinski definition) is 2. The molecule has 3 aliphatic rings. The van der Waals surface area contributed by atoms with E-state index in [1.54, 1.807) is 0 Å². The lowest BCUT2D eigenvalue weighted by Gasteiger charge is -2.14. The Hall–Kier alpha value is -0.920. The molecular formula is C10H8BrN2+. The van der Waals surface area contributed by atoms with E-state index in [1.807, 2.05) is 0 Å². The molecule has 0 aromatic carbocycles. The standard InChI is InChI=1S/C10H8BrN2/c11-7-3-4-8-9(6-7)13-5-1-2-10(13)12-8/h1-2,6,8H,4-5H2/q+1. The molecule has 0 fully saturated rings. The van der Waals surface area contributed by atoms with Gasteiger partial charge in [0.25, 0.3) is 0 Å². The Bertz CT molecular complexity index is 376. The molecule has 0 bridgehead atoms. The summed E-state index contributed by atoms with van der Waals surface area (Å²) in [5.74, 6) is 1.11. The molecule has 0 aromatic rings. The van der Waals surface area contributed by atoms with Crippen molar-refractivity contribution in [1.82, 2.24) is 4.90 Å². The second-order valence-electron chi connectivity index (χ2n) is 3.31. The maximum Gasteiger partial charge on any atom is 0.233 e. The van der Waals surface area contributed by atoms with Gasteiger partial charge >= 0.3 is 0 Å². The fourth-order valence-electron chi connectivity index (χ4n) is 1.90. The molecule has 0 radical (unpaired) electrons. The number of allylic oxidation sites excluding steroid dienone is 2. The Morgan fingerprint density at radius 2 is 2.54 bits per heavy atom. The predicted octanol–water partition coefficient (Wildman–Crippen LogP) is 2.01. The number of fused-ring (bicyclic) bond motifs is 3. The molecule has 0 saturated carbocycles. The van der Waals surface area contributed by atoms with E-state index in [2.05, 4.69) is 50.1 Å². The van der Waals surface area contributed by atoms with Gasteiger partial charge in [-0.2, -0.15) is 0 Å². The highest BCUT2D eigenvalue weighted by Gasteiger charge is 2.37. The summed E-state index contributed by atoms with van der Waals surface area (Å²) < 4.78 is 1.06. The first kappa shape index (κ1) is 7.48. The number of amidine groups is 1. The Balaban J connectivity index is 2.03. The van der Waals surface area contributed by atoms with Crippen molar-refractivity contribution >= 4 is 21.8 Å². The van der Waals surface area contributed by atoms with Gasteiger partial charge in [-0.3, -0.25) is 4.99 Å². The van der Waals surface area contributed by atoms with Crippen molar-refractivity contribution in [2.24, 2.45) is 4.99 Å². The first-order chi connectivity index (χ1) is 6.34. The molecule has 2 nitrogen and oxygen atoms in total. The molecule has 0 saturated heterocycles. The minimum atomic E-state index is 0.321. The van der Waals surface area contributed by atoms with Gasteiger partial charge in [-0.25, -0.2) is 0 Å². The lowest BCUT2D eigenvalue weighted by atomic mass is 10.1. The minimum Gasteiger partial charge on any atom is -0.307 e. The van der Waals surface area contributed by atoms with Crippen molar-refractivity contribution in [1.29, 1.82) is 0 Å². The van der Waals surface area contributed by atoms with Crippen LogP contribution in [0.5, 0.6) is 0 Å². The zero-order valence-corrected chi connectivity index (χ0v) is 8.58. The van der Waals surface area contributed by atoms with Gasteiger partial charge in [0.05, 0.1) is 6.08 Å². The third kappa shape index (κ3) is 1.01. The number of aliphatic imine (C=N–C) groups is 1. The summed E-state index contributed by atoms with van der Waals surface area (Å²) >= 11 is 3.45. The monoisotopic (exact) mass is 235 g/mol. The van der Waals surface area contributed by atoms with Crippen LogP contribution in [0.25, 0.3) is 0 Å². The summed E-state index contributed by atoms with van der Waals surface area (Å²) in [4.78, 5) is 6.85. The molecule has 2 aliphatic heterocycles. The highest BCUT2D eigenvalue weighted by molar-refractivity contribution is 9.11. The quantitative estimate of drug-likeness (QED) is 0.587. The average Bonchev–Trinajstić information content (AvgIpc) is 2.64. The second kappa shape index (κ2) is 2.53. The molecule has 0 aromatic heterocycles. The third-order valence-corrected chi connectivity index (χ3v) is 3.02. The minimum absolute atomic E-state index is 0.321. The van der Waals surface area contributed by atoms with Crippen LogP contribution in [-0.2, 0) is 0 Å². The first-order valence-corrected chi connectivity index (χ1v) is 5.14. The van der Waals surface area contributed by atoms with Crippen molar-refractivity contribution in [2.75, 3.05) is 6.54 Å². The van der Waals surface area contributed by atoms with Crippen molar-refractivity contribution in [3.8, 4) is 0 Å². The van der Waals surface area contributed by atoms with Crippen LogP contribution in [0.3, 0.4) is 0 Å². The van der Waals surface area contributed by atoms with Gasteiger partial charge in [0.15, 0.2) is 0 Å². The van der Waals surface area contributed by atoms with E-state index in [4.69, 9.17) is 0 Å². The van der Waals surface area contributed by atoms with Gasteiger partial charge < -0.3 is 4.90 Å². The van der Waals surface area contributed by atoms with Crippen molar-refractivity contribution in [3.05, 3.63) is 34.5 Å². The summed E-state index contributed by atoms with van der Waals surface area (Å²) in [6.45, 7) is 0.974. The lowest BCUT2D eigenvalue weighted by Crippen LogP contribution is -2.23. The van der Waals surface area contributed by atoms with Crippen molar-refractivity contribution < 1.29 is 0 Å². The van der Waals surface area contributed by atoms with E-state index in [1.165, 1.54) is 5.70 Å². The number of halogens is 1. The Kier molecular flexibility index (Phi) is 1.46. The van der Waals surface area contributed by atoms with Gasteiger partial charge in [0.1, 0.15) is 30.1 Å². The lowest BCUT2D eigenvalue weighted by molar-refractivity contribution is 0.562. The van der Waals surface area contributed by atoms with Crippen LogP contribution in [0.1, 0.15) is 6.42 Å². The molecule has 13 heavy (non-hydrogen) atoms. The van der Waals surface area contributed by atoms with Gasteiger partial charge in [-0.15, -0.1) is 0 Å². The van der Waals surface area contributed by atoms with Crippen LogP contribution in [0.4, 0.5) is 0 Å². The largest absolute Gasteiger partial charge is 0.307 e. The number of rotatable bonds is 0. The number of nitrogens with zero attached hydrogens (tertiary/aromatic N) is 2. The summed E-state index contributed by atoms with van der Waals surface area (Å²) in [7, 11) is 0. The molecule has 0 N–H and O–H groups in total. The van der Waals surface area contributed by atoms with E-state index in [-0.39, 0.29) is 0 Å². The van der Waals surface area contributed by atoms with E-state index in [0.29, 0.717) is 6.04 Å². The molecule has 1 aliphatic carbocycles. The van der Waals surface area contributed by atoms with Gasteiger partial charge in [0.2, 0.25) is 4.48 Å². The predicted molar refractivity (Wildman–Crippen MR) is 55.5 cm³/mol. The van der Waals surface area contributed by atoms with Crippen LogP contribution < -0.4 is 0 Å². The Morgan fingerprint density at radius 3 is 3.46 bits per heavy atom. The summed E-state index contributed by atoms with van der Waals surface area (Å²) in [6, 6.07) is 0.321. The Morgan fingerprint density at radius 1 is 1.62 bits per heavy atom. The topological polar surface area (TPSA) is 15.6 Å². The SMILES string of the molecule is BrC1=[C+]CC2N=C3C=CCN3C2=C1. The zero-order valence-electron chi connectivity index (χ0n) is 7.00. The summed E-state index contributed by atoms with van der Waals surface area (Å²) in [6.07, 6.45) is 10.5. The van der Waals surface area contributed by atoms with Crippen LogP contribution in [0, 0.1) is 6.08 Å². The molecule has 3 heteroatoms. The molecule has 0 amide bonds. The average molecular weight is 236 g/mol. The number of hydrogen-bond donors (Lipinski definition) is 0. The molecular weight excluding hydrogens is 228 g/mol. The van der Waals surface area contributed by atoms with Crippen LogP contribution >= 0.6 is 15.9 Å². The Labute approximate surface area is 85.5 Å². The van der Waals surface area contributed by atoms with E-state index in [9.17, 15) is 0 Å². The third-order valence-electron chi connectivity index (χ3n) is 2.51.